The van der Waals surface area contributed by atoms with Crippen molar-refractivity contribution in [1.29, 1.82) is 0 Å². The molecular formula is C27H35N7O. The quantitative estimate of drug-likeness (QED) is 0.421. The first-order chi connectivity index (χ1) is 16.6. The van der Waals surface area contributed by atoms with E-state index in [2.05, 4.69) is 66.3 Å². The molecule has 1 amide bonds. The molecule has 1 unspecified atom stereocenters. The van der Waals surface area contributed by atoms with Gasteiger partial charge in [0, 0.05) is 24.4 Å². The second kappa shape index (κ2) is 9.62. The summed E-state index contributed by atoms with van der Waals surface area (Å²) in [5.74, 6) is 0.368. The minimum absolute atomic E-state index is 0.0294. The second-order valence-corrected chi connectivity index (χ2v) is 9.84. The molecule has 35 heavy (non-hydrogen) atoms. The maximum atomic E-state index is 12.8. The van der Waals surface area contributed by atoms with Crippen LogP contribution in [0.5, 0.6) is 0 Å². The number of carbonyl (C=O) groups excluding carboxylic acids is 1. The largest absolute Gasteiger partial charge is 0.338 e. The van der Waals surface area contributed by atoms with E-state index in [4.69, 9.17) is 5.10 Å². The number of fused-ring (bicyclic) bond motifs is 1. The monoisotopic (exact) mass is 473 g/mol. The zero-order valence-electron chi connectivity index (χ0n) is 21.9. The zero-order valence-corrected chi connectivity index (χ0v) is 21.9. The predicted molar refractivity (Wildman–Crippen MR) is 139 cm³/mol. The Morgan fingerprint density at radius 3 is 2.34 bits per heavy atom. The van der Waals surface area contributed by atoms with Crippen molar-refractivity contribution in [3.8, 4) is 22.5 Å². The van der Waals surface area contributed by atoms with E-state index in [-0.39, 0.29) is 23.9 Å². The van der Waals surface area contributed by atoms with E-state index in [0.717, 1.165) is 44.9 Å². The number of aryl methyl sites for hydroxylation is 1. The number of nitrogens with one attached hydrogen (secondary N) is 1. The molecule has 3 aromatic heterocycles. The van der Waals surface area contributed by atoms with Gasteiger partial charge in [0.25, 0.3) is 0 Å². The van der Waals surface area contributed by atoms with Gasteiger partial charge in [-0.15, -0.1) is 0 Å². The summed E-state index contributed by atoms with van der Waals surface area (Å²) in [6.45, 7) is 10.4. The Kier molecular flexibility index (Phi) is 6.76. The number of aromatic amines is 1. The molecule has 0 aliphatic heterocycles. The highest BCUT2D eigenvalue weighted by atomic mass is 16.2. The van der Waals surface area contributed by atoms with Crippen LogP contribution in [0.4, 0.5) is 0 Å². The highest BCUT2D eigenvalue weighted by molar-refractivity contribution is 5.81. The normalized spacial score (nSPS) is 13.5. The van der Waals surface area contributed by atoms with E-state index in [9.17, 15) is 4.79 Å². The molecular weight excluding hydrogens is 438 g/mol. The number of H-pyrrole nitrogens is 1. The third kappa shape index (κ3) is 4.58. The number of carbonyl (C=O) groups is 1. The average Bonchev–Trinajstić information content (AvgIpc) is 3.50. The molecule has 0 radical (unpaired) electrons. The molecule has 0 spiro atoms. The van der Waals surface area contributed by atoms with Gasteiger partial charge in [-0.2, -0.15) is 10.2 Å². The van der Waals surface area contributed by atoms with Crippen LogP contribution in [0.25, 0.3) is 28.2 Å². The summed E-state index contributed by atoms with van der Waals surface area (Å²) in [4.78, 5) is 20.9. The fourth-order valence-corrected chi connectivity index (χ4v) is 4.43. The minimum atomic E-state index is -0.167. The van der Waals surface area contributed by atoms with Crippen molar-refractivity contribution in [3.05, 3.63) is 59.5 Å². The van der Waals surface area contributed by atoms with Crippen LogP contribution in [-0.2, 0) is 4.79 Å². The van der Waals surface area contributed by atoms with Crippen molar-refractivity contribution >= 4 is 11.6 Å². The van der Waals surface area contributed by atoms with E-state index in [1.807, 2.05) is 51.0 Å². The summed E-state index contributed by atoms with van der Waals surface area (Å²) in [6, 6.07) is 10.3. The first-order valence-electron chi connectivity index (χ1n) is 12.0. The van der Waals surface area contributed by atoms with E-state index in [0.29, 0.717) is 0 Å². The number of rotatable bonds is 7. The smallest absolute Gasteiger partial charge is 0.239 e. The summed E-state index contributed by atoms with van der Waals surface area (Å²) >= 11 is 0. The summed E-state index contributed by atoms with van der Waals surface area (Å²) in [7, 11) is 5.71. The van der Waals surface area contributed by atoms with Crippen LogP contribution in [-0.4, -0.2) is 67.7 Å². The number of pyridine rings is 1. The molecule has 0 fully saturated rings. The maximum absolute atomic E-state index is 12.8. The van der Waals surface area contributed by atoms with Crippen molar-refractivity contribution in [1.82, 2.24) is 34.6 Å². The van der Waals surface area contributed by atoms with Crippen LogP contribution in [0.3, 0.4) is 0 Å². The Morgan fingerprint density at radius 1 is 1.03 bits per heavy atom. The van der Waals surface area contributed by atoms with Crippen molar-refractivity contribution in [2.24, 2.45) is 0 Å². The molecule has 8 heteroatoms. The SMILES string of the molecule is Cc1cc(-c2n[nH]c(-c3ccc([C@H](C)N(C)C(=O)C(C)N(C)C)cc3)c2C(C)C)cn2ncnc12. The van der Waals surface area contributed by atoms with E-state index >= 15 is 0 Å². The van der Waals surface area contributed by atoms with Crippen molar-refractivity contribution < 1.29 is 4.79 Å². The topological polar surface area (TPSA) is 82.4 Å². The number of benzene rings is 1. The lowest BCUT2D eigenvalue weighted by molar-refractivity contribution is -0.136. The molecule has 184 valence electrons. The first-order valence-corrected chi connectivity index (χ1v) is 12.0. The van der Waals surface area contributed by atoms with Gasteiger partial charge in [-0.05, 0) is 63.5 Å². The lowest BCUT2D eigenvalue weighted by Crippen LogP contribution is -2.43. The molecule has 4 rings (SSSR count). The third-order valence-electron chi connectivity index (χ3n) is 6.96. The molecule has 3 heterocycles. The number of hydrogen-bond acceptors (Lipinski definition) is 5. The van der Waals surface area contributed by atoms with Crippen LogP contribution in [0.2, 0.25) is 0 Å². The highest BCUT2D eigenvalue weighted by Crippen LogP contribution is 2.36. The Labute approximate surface area is 207 Å². The van der Waals surface area contributed by atoms with Gasteiger partial charge in [-0.3, -0.25) is 14.8 Å². The average molecular weight is 474 g/mol. The molecule has 2 atom stereocenters. The Hall–Kier alpha value is -3.52. The first kappa shape index (κ1) is 24.6. The predicted octanol–water partition coefficient (Wildman–Crippen LogP) is 4.69. The maximum Gasteiger partial charge on any atom is 0.239 e. The van der Waals surface area contributed by atoms with Crippen LogP contribution in [0.1, 0.15) is 56.3 Å². The number of aromatic nitrogens is 5. The lowest BCUT2D eigenvalue weighted by atomic mass is 9.93. The van der Waals surface area contributed by atoms with Gasteiger partial charge < -0.3 is 4.90 Å². The van der Waals surface area contributed by atoms with Gasteiger partial charge >= 0.3 is 0 Å². The van der Waals surface area contributed by atoms with E-state index < -0.39 is 0 Å². The fourth-order valence-electron chi connectivity index (χ4n) is 4.43. The third-order valence-corrected chi connectivity index (χ3v) is 6.96. The van der Waals surface area contributed by atoms with Crippen molar-refractivity contribution in [2.75, 3.05) is 21.1 Å². The molecule has 0 saturated carbocycles. The molecule has 8 nitrogen and oxygen atoms in total. The van der Waals surface area contributed by atoms with E-state index in [1.165, 1.54) is 0 Å². The van der Waals surface area contributed by atoms with Crippen LogP contribution in [0, 0.1) is 6.92 Å². The minimum Gasteiger partial charge on any atom is -0.338 e. The summed E-state index contributed by atoms with van der Waals surface area (Å²) in [5.41, 5.74) is 8.17. The molecule has 0 bridgehead atoms. The van der Waals surface area contributed by atoms with Gasteiger partial charge in [0.15, 0.2) is 5.65 Å². The molecule has 0 aliphatic rings. The second-order valence-electron chi connectivity index (χ2n) is 9.84. The lowest BCUT2D eigenvalue weighted by Gasteiger charge is -2.30. The molecule has 0 saturated heterocycles. The van der Waals surface area contributed by atoms with Crippen LogP contribution in [0.15, 0.2) is 42.9 Å². The van der Waals surface area contributed by atoms with E-state index in [1.54, 1.807) is 10.8 Å². The highest BCUT2D eigenvalue weighted by Gasteiger charge is 2.24. The number of amides is 1. The number of likely N-dealkylation sites (N-methyl/N-ethyl adjacent to an activating group) is 2. The fraction of sp³-hybridized carbons (Fsp3) is 0.407. The van der Waals surface area contributed by atoms with Crippen LogP contribution < -0.4 is 0 Å². The number of hydrogen-bond donors (Lipinski definition) is 1. The standard InChI is InChI=1S/C27H35N7O/c1-16(2)23-24(30-31-25(23)22-13-17(3)26-28-15-29-34(26)14-22)21-11-9-20(10-12-21)18(4)33(8)27(35)19(5)32(6)7/h9-16,18-19H,1-8H3,(H,30,31)/t18-,19?/m0/s1. The molecule has 0 aliphatic carbocycles. The molecule has 4 aromatic rings. The molecule has 1 aromatic carbocycles. The summed E-state index contributed by atoms with van der Waals surface area (Å²) in [5, 5.41) is 12.3. The van der Waals surface area contributed by atoms with Gasteiger partial charge in [0.1, 0.15) is 6.33 Å². The Bertz CT molecular complexity index is 1330. The van der Waals surface area contributed by atoms with Crippen molar-refractivity contribution in [3.63, 3.8) is 0 Å². The summed E-state index contributed by atoms with van der Waals surface area (Å²) < 4.78 is 1.80. The van der Waals surface area contributed by atoms with Crippen molar-refractivity contribution in [2.45, 2.75) is 52.6 Å². The number of nitrogens with zero attached hydrogens (tertiary/aromatic N) is 6. The molecule has 1 N–H and O–H groups in total. The van der Waals surface area contributed by atoms with Gasteiger partial charge in [0.05, 0.1) is 23.5 Å². The van der Waals surface area contributed by atoms with Crippen LogP contribution >= 0.6 is 0 Å². The zero-order chi connectivity index (χ0) is 25.4. The van der Waals surface area contributed by atoms with Gasteiger partial charge in [0.2, 0.25) is 5.91 Å². The Balaban J connectivity index is 1.66. The van der Waals surface area contributed by atoms with Gasteiger partial charge in [-0.1, -0.05) is 38.1 Å². The summed E-state index contributed by atoms with van der Waals surface area (Å²) in [6.07, 6.45) is 3.55. The van der Waals surface area contributed by atoms with Gasteiger partial charge in [-0.25, -0.2) is 9.50 Å². The Morgan fingerprint density at radius 2 is 1.71 bits per heavy atom.